The van der Waals surface area contributed by atoms with Crippen molar-refractivity contribution in [1.82, 2.24) is 0 Å². The first-order valence-electron chi connectivity index (χ1n) is 10.6. The minimum atomic E-state index is -0.521. The first-order chi connectivity index (χ1) is 11.7. The molecule has 2 heteroatoms. The Hall–Kier alpha value is 0.0200. The quantitative estimate of drug-likeness (QED) is 0.399. The van der Waals surface area contributed by atoms with E-state index in [0.717, 1.165) is 31.1 Å². The Morgan fingerprint density at radius 3 is 2.08 bits per heavy atom. The lowest BCUT2D eigenvalue weighted by Gasteiger charge is -2.42. The molecule has 138 valence electrons. The van der Waals surface area contributed by atoms with Crippen LogP contribution in [0.4, 0.5) is 4.39 Å². The Bertz CT molecular complexity index is 379. The lowest BCUT2D eigenvalue weighted by molar-refractivity contribution is 0.0365. The summed E-state index contributed by atoms with van der Waals surface area (Å²) in [4.78, 5) is 0. The van der Waals surface area contributed by atoms with Gasteiger partial charge in [0.1, 0.15) is 6.17 Å². The molecule has 0 aromatic carbocycles. The van der Waals surface area contributed by atoms with E-state index < -0.39 is 6.17 Å². The summed E-state index contributed by atoms with van der Waals surface area (Å²) in [6, 6.07) is 0. The predicted octanol–water partition coefficient (Wildman–Crippen LogP) is 7.00. The third kappa shape index (κ3) is 4.80. The van der Waals surface area contributed by atoms with E-state index >= 15 is 0 Å². The molecule has 3 atom stereocenters. The molecule has 0 nitrogen and oxygen atoms in total. The molecule has 0 aromatic rings. The topological polar surface area (TPSA) is 0 Å². The summed E-state index contributed by atoms with van der Waals surface area (Å²) in [7, 11) is 0. The second kappa shape index (κ2) is 9.10. The Morgan fingerprint density at radius 2 is 1.46 bits per heavy atom. The summed E-state index contributed by atoms with van der Waals surface area (Å²) in [5, 5.41) is 0.607. The maximum Gasteiger partial charge on any atom is 0.103 e. The van der Waals surface area contributed by atoms with Crippen LogP contribution < -0.4 is 0 Å². The number of thiol groups is 1. The monoisotopic (exact) mass is 352 g/mol. The summed E-state index contributed by atoms with van der Waals surface area (Å²) < 4.78 is 15.0. The van der Waals surface area contributed by atoms with Crippen molar-refractivity contribution in [3.05, 3.63) is 12.7 Å². The highest BCUT2D eigenvalue weighted by Crippen LogP contribution is 2.47. The van der Waals surface area contributed by atoms with E-state index in [4.69, 9.17) is 0 Å². The lowest BCUT2D eigenvalue weighted by atomic mass is 9.64. The second-order valence-electron chi connectivity index (χ2n) is 8.97. The summed E-state index contributed by atoms with van der Waals surface area (Å²) in [5.74, 6) is 3.39. The molecule has 0 radical (unpaired) electrons. The van der Waals surface area contributed by atoms with Crippen LogP contribution in [0.5, 0.6) is 0 Å². The van der Waals surface area contributed by atoms with Gasteiger partial charge in [0, 0.05) is 5.25 Å². The largest absolute Gasteiger partial charge is 0.247 e. The van der Waals surface area contributed by atoms with Crippen LogP contribution >= 0.6 is 12.6 Å². The molecule has 24 heavy (non-hydrogen) atoms. The van der Waals surface area contributed by atoms with Crippen LogP contribution in [0.1, 0.15) is 83.5 Å². The van der Waals surface area contributed by atoms with Crippen molar-refractivity contribution in [3.63, 3.8) is 0 Å². The summed E-state index contributed by atoms with van der Waals surface area (Å²) in [5.41, 5.74) is 0. The third-order valence-electron chi connectivity index (χ3n) is 7.55. The summed E-state index contributed by atoms with van der Waals surface area (Å²) in [6.07, 6.45) is 17.6. The minimum absolute atomic E-state index is 0.378. The molecular weight excluding hydrogens is 315 g/mol. The fourth-order valence-corrected chi connectivity index (χ4v) is 6.26. The molecule has 3 aliphatic rings. The standard InChI is InChI=1S/C22H37FS/c1-2-3-4-16-5-7-18(8-6-16)21-14-11-19(15-22(21)23)17-9-12-20(24)13-10-17/h2,16-22,24H,1,3-15H2. The number of rotatable bonds is 5. The maximum absolute atomic E-state index is 15.0. The Kier molecular flexibility index (Phi) is 7.13. The van der Waals surface area contributed by atoms with Crippen molar-refractivity contribution in [2.75, 3.05) is 0 Å². The molecule has 3 saturated carbocycles. The van der Waals surface area contributed by atoms with Crippen LogP contribution in [-0.2, 0) is 0 Å². The van der Waals surface area contributed by atoms with Crippen LogP contribution in [0.3, 0.4) is 0 Å². The van der Waals surface area contributed by atoms with Gasteiger partial charge in [-0.15, -0.1) is 6.58 Å². The molecule has 0 aromatic heterocycles. The van der Waals surface area contributed by atoms with Crippen molar-refractivity contribution in [2.45, 2.75) is 94.9 Å². The van der Waals surface area contributed by atoms with E-state index in [9.17, 15) is 4.39 Å². The zero-order chi connectivity index (χ0) is 16.9. The van der Waals surface area contributed by atoms with Crippen molar-refractivity contribution in [2.24, 2.45) is 29.6 Å². The highest BCUT2D eigenvalue weighted by Gasteiger charge is 2.39. The predicted molar refractivity (Wildman–Crippen MR) is 105 cm³/mol. The van der Waals surface area contributed by atoms with Gasteiger partial charge < -0.3 is 0 Å². The van der Waals surface area contributed by atoms with Crippen LogP contribution in [0.15, 0.2) is 12.7 Å². The molecule has 3 unspecified atom stereocenters. The van der Waals surface area contributed by atoms with Gasteiger partial charge in [0.15, 0.2) is 0 Å². The van der Waals surface area contributed by atoms with E-state index in [-0.39, 0.29) is 0 Å². The smallest absolute Gasteiger partial charge is 0.103 e. The van der Waals surface area contributed by atoms with Crippen LogP contribution in [0.2, 0.25) is 0 Å². The van der Waals surface area contributed by atoms with Crippen LogP contribution in [-0.4, -0.2) is 11.4 Å². The van der Waals surface area contributed by atoms with Gasteiger partial charge in [0.2, 0.25) is 0 Å². The van der Waals surface area contributed by atoms with Gasteiger partial charge >= 0.3 is 0 Å². The number of hydrogen-bond acceptors (Lipinski definition) is 1. The van der Waals surface area contributed by atoms with Crippen LogP contribution in [0.25, 0.3) is 0 Å². The SMILES string of the molecule is C=CCCC1CCC(C2CCC(C3CCC(S)CC3)CC2F)CC1. The molecule has 3 aliphatic carbocycles. The Morgan fingerprint density at radius 1 is 0.833 bits per heavy atom. The Balaban J connectivity index is 1.44. The van der Waals surface area contributed by atoms with E-state index in [1.807, 2.05) is 6.08 Å². The van der Waals surface area contributed by atoms with Gasteiger partial charge in [-0.25, -0.2) is 4.39 Å². The number of allylic oxidation sites excluding steroid dienone is 1. The lowest BCUT2D eigenvalue weighted by Crippen LogP contribution is -2.36. The summed E-state index contributed by atoms with van der Waals surface area (Å²) in [6.45, 7) is 3.84. The molecule has 0 amide bonds. The van der Waals surface area contributed by atoms with Gasteiger partial charge in [0.25, 0.3) is 0 Å². The minimum Gasteiger partial charge on any atom is -0.247 e. The molecule has 0 spiro atoms. The van der Waals surface area contributed by atoms with E-state index in [0.29, 0.717) is 23.0 Å². The first-order valence-corrected chi connectivity index (χ1v) is 11.1. The van der Waals surface area contributed by atoms with Gasteiger partial charge in [-0.3, -0.25) is 0 Å². The second-order valence-corrected chi connectivity index (χ2v) is 9.70. The van der Waals surface area contributed by atoms with Gasteiger partial charge in [-0.2, -0.15) is 12.6 Å². The van der Waals surface area contributed by atoms with Crippen molar-refractivity contribution in [1.29, 1.82) is 0 Å². The maximum atomic E-state index is 15.0. The highest BCUT2D eigenvalue weighted by molar-refractivity contribution is 7.80. The zero-order valence-electron chi connectivity index (χ0n) is 15.3. The molecule has 0 bridgehead atoms. The van der Waals surface area contributed by atoms with Crippen molar-refractivity contribution >= 4 is 12.6 Å². The highest BCUT2D eigenvalue weighted by atomic mass is 32.1. The van der Waals surface area contributed by atoms with Crippen LogP contribution in [0, 0.1) is 29.6 Å². The summed E-state index contributed by atoms with van der Waals surface area (Å²) >= 11 is 4.62. The average molecular weight is 353 g/mol. The molecule has 0 heterocycles. The fourth-order valence-electron chi connectivity index (χ4n) is 5.96. The van der Waals surface area contributed by atoms with Crippen molar-refractivity contribution < 1.29 is 4.39 Å². The van der Waals surface area contributed by atoms with E-state index in [2.05, 4.69) is 19.2 Å². The molecule has 0 N–H and O–H groups in total. The molecule has 3 fully saturated rings. The normalized spacial score (nSPS) is 44.2. The molecule has 3 rings (SSSR count). The molecule has 0 aliphatic heterocycles. The van der Waals surface area contributed by atoms with Gasteiger partial charge in [-0.05, 0) is 100 Å². The number of alkyl halides is 1. The molecular formula is C22H37FS. The third-order valence-corrected chi connectivity index (χ3v) is 8.06. The van der Waals surface area contributed by atoms with Crippen molar-refractivity contribution in [3.8, 4) is 0 Å². The molecule has 0 saturated heterocycles. The van der Waals surface area contributed by atoms with Gasteiger partial charge in [0.05, 0.1) is 0 Å². The van der Waals surface area contributed by atoms with Gasteiger partial charge in [-0.1, -0.05) is 18.9 Å². The van der Waals surface area contributed by atoms with E-state index in [1.54, 1.807) is 0 Å². The number of hydrogen-bond donors (Lipinski definition) is 1. The number of halogens is 1. The fraction of sp³-hybridized carbons (Fsp3) is 0.909. The zero-order valence-corrected chi connectivity index (χ0v) is 16.2. The average Bonchev–Trinajstić information content (AvgIpc) is 2.61. The Labute approximate surface area is 154 Å². The first kappa shape index (κ1) is 18.8. The van der Waals surface area contributed by atoms with E-state index in [1.165, 1.54) is 64.2 Å².